The predicted molar refractivity (Wildman–Crippen MR) is 205 cm³/mol. The van der Waals surface area contributed by atoms with Crippen LogP contribution in [0.1, 0.15) is 104 Å². The normalized spacial score (nSPS) is 34.7. The number of benzene rings is 1. The molecule has 59 heavy (non-hydrogen) atoms. The number of nitrogens with one attached hydrogen (secondary N) is 1. The number of amides is 1. The summed E-state index contributed by atoms with van der Waals surface area (Å²) in [4.78, 5) is 83.0. The number of hydrogen-bond acceptors (Lipinski definition) is 15. The van der Waals surface area contributed by atoms with Crippen molar-refractivity contribution in [2.75, 3.05) is 6.61 Å². The van der Waals surface area contributed by atoms with E-state index < -0.39 is 125 Å². The fourth-order valence-electron chi connectivity index (χ4n) is 10.2. The Kier molecular flexibility index (Phi) is 12.2. The number of carbonyl (C=O) groups excluding carboxylic acids is 6. The van der Waals surface area contributed by atoms with E-state index in [1.165, 1.54) is 26.0 Å². The van der Waals surface area contributed by atoms with Crippen molar-refractivity contribution in [1.82, 2.24) is 5.32 Å². The van der Waals surface area contributed by atoms with E-state index in [4.69, 9.17) is 28.4 Å². The number of aliphatic hydroxyl groups excluding tert-OH is 2. The molecule has 1 aliphatic heterocycles. The molecule has 6 rings (SSSR count). The molecule has 1 aromatic carbocycles. The summed E-state index contributed by atoms with van der Waals surface area (Å²) >= 11 is 0. The van der Waals surface area contributed by atoms with Gasteiger partial charge in [-0.1, -0.05) is 44.9 Å². The molecule has 1 heterocycles. The maximum absolute atomic E-state index is 15.7. The molecule has 4 fully saturated rings. The Morgan fingerprint density at radius 3 is 2.19 bits per heavy atom. The first-order valence-electron chi connectivity index (χ1n) is 20.4. The number of Topliss-reactive ketones (excluding diaryl/α,β-unsaturated/α-hetero) is 1. The van der Waals surface area contributed by atoms with Crippen molar-refractivity contribution in [3.05, 3.63) is 47.0 Å². The quantitative estimate of drug-likeness (QED) is 0.151. The zero-order valence-electron chi connectivity index (χ0n) is 34.9. The van der Waals surface area contributed by atoms with E-state index in [9.17, 15) is 39.3 Å². The molecule has 16 nitrogen and oxygen atoms in total. The van der Waals surface area contributed by atoms with E-state index >= 15 is 4.79 Å². The molecule has 324 valence electrons. The van der Waals surface area contributed by atoms with Crippen molar-refractivity contribution in [1.29, 1.82) is 0 Å². The Morgan fingerprint density at radius 1 is 0.966 bits per heavy atom. The van der Waals surface area contributed by atoms with E-state index in [0.717, 1.165) is 19.8 Å². The number of hydrogen-bond donors (Lipinski definition) is 4. The van der Waals surface area contributed by atoms with Gasteiger partial charge in [0.25, 0.3) is 0 Å². The number of fused-ring (bicyclic) bond motifs is 5. The van der Waals surface area contributed by atoms with Gasteiger partial charge in [0.2, 0.25) is 0 Å². The van der Waals surface area contributed by atoms with Gasteiger partial charge in [-0.15, -0.1) is 0 Å². The van der Waals surface area contributed by atoms with Crippen molar-refractivity contribution >= 4 is 35.8 Å². The van der Waals surface area contributed by atoms with Crippen LogP contribution < -0.4 is 5.32 Å². The molecule has 4 aliphatic carbocycles. The lowest BCUT2D eigenvalue weighted by molar-refractivity contribution is -0.346. The Balaban J connectivity index is 1.55. The second kappa shape index (κ2) is 16.2. The van der Waals surface area contributed by atoms with Crippen LogP contribution in [0.2, 0.25) is 0 Å². The summed E-state index contributed by atoms with van der Waals surface area (Å²) in [6.07, 6.45) is -9.02. The zero-order chi connectivity index (χ0) is 43.4. The third kappa shape index (κ3) is 7.54. The van der Waals surface area contributed by atoms with Gasteiger partial charge in [0.15, 0.2) is 23.6 Å². The molecule has 1 saturated heterocycles. The van der Waals surface area contributed by atoms with Crippen LogP contribution in [-0.4, -0.2) is 118 Å². The zero-order valence-corrected chi connectivity index (χ0v) is 34.9. The summed E-state index contributed by atoms with van der Waals surface area (Å²) < 4.78 is 35.6. The molecule has 0 radical (unpaired) electrons. The third-order valence-corrected chi connectivity index (χ3v) is 13.5. The molecule has 1 amide bonds. The van der Waals surface area contributed by atoms with Gasteiger partial charge in [-0.2, -0.15) is 0 Å². The lowest BCUT2D eigenvalue weighted by Gasteiger charge is -2.67. The number of esters is 4. The minimum Gasteiger partial charge on any atom is -0.456 e. The summed E-state index contributed by atoms with van der Waals surface area (Å²) in [5, 5.41) is 39.3. The fraction of sp³-hybridized carbons (Fsp3) is 0.674. The van der Waals surface area contributed by atoms with Crippen LogP contribution in [-0.2, 0) is 47.6 Å². The first kappa shape index (κ1) is 44.2. The van der Waals surface area contributed by atoms with Crippen molar-refractivity contribution in [3.8, 4) is 0 Å². The minimum absolute atomic E-state index is 0.0442. The monoisotopic (exact) mass is 827 g/mol. The van der Waals surface area contributed by atoms with E-state index in [1.54, 1.807) is 52.8 Å². The summed E-state index contributed by atoms with van der Waals surface area (Å²) in [6, 6.07) is 6.67. The molecule has 4 N–H and O–H groups in total. The number of ketones is 1. The largest absolute Gasteiger partial charge is 0.456 e. The van der Waals surface area contributed by atoms with Gasteiger partial charge < -0.3 is 49.1 Å². The van der Waals surface area contributed by atoms with Gasteiger partial charge in [-0.05, 0) is 70.7 Å². The molecule has 11 atom stereocenters. The highest BCUT2D eigenvalue weighted by Gasteiger charge is 2.78. The molecule has 1 aromatic rings. The van der Waals surface area contributed by atoms with Crippen molar-refractivity contribution in [3.63, 3.8) is 0 Å². The second-order valence-electron chi connectivity index (χ2n) is 17.8. The number of rotatable bonds is 10. The van der Waals surface area contributed by atoms with Crippen LogP contribution in [0.25, 0.3) is 0 Å². The molecule has 0 aromatic heterocycles. The Hall–Kier alpha value is -4.38. The van der Waals surface area contributed by atoms with Crippen LogP contribution in [0.4, 0.5) is 4.79 Å². The molecule has 5 aliphatic rings. The highest BCUT2D eigenvalue weighted by atomic mass is 16.6. The van der Waals surface area contributed by atoms with Gasteiger partial charge in [-0.25, -0.2) is 14.4 Å². The summed E-state index contributed by atoms with van der Waals surface area (Å²) in [7, 11) is 0. The van der Waals surface area contributed by atoms with Crippen molar-refractivity contribution in [2.45, 2.75) is 154 Å². The van der Waals surface area contributed by atoms with E-state index in [2.05, 4.69) is 5.32 Å². The van der Waals surface area contributed by atoms with Crippen LogP contribution in [0.3, 0.4) is 0 Å². The molecule has 3 unspecified atom stereocenters. The third-order valence-electron chi connectivity index (χ3n) is 13.5. The van der Waals surface area contributed by atoms with Gasteiger partial charge in [0, 0.05) is 25.2 Å². The number of carbonyl (C=O) groups is 6. The van der Waals surface area contributed by atoms with Gasteiger partial charge >= 0.3 is 30.0 Å². The van der Waals surface area contributed by atoms with Crippen molar-refractivity contribution < 1.29 is 72.5 Å². The lowest BCUT2D eigenvalue weighted by atomic mass is 9.44. The molecular weight excluding hydrogens is 770 g/mol. The van der Waals surface area contributed by atoms with Gasteiger partial charge in [-0.3, -0.25) is 14.4 Å². The lowest BCUT2D eigenvalue weighted by Crippen LogP contribution is -2.82. The van der Waals surface area contributed by atoms with Crippen LogP contribution in [0.15, 0.2) is 41.5 Å². The summed E-state index contributed by atoms with van der Waals surface area (Å²) in [5.41, 5.74) is -7.45. The molecular formula is C43H57NO15. The standard InChI is InChI=1S/C43H57NO15/c1-21(2)55-39(52)44-23(4)31(47)38(51)56-27-19-43(53)35(58-37(50)26-14-10-9-11-15-26)33-41(8,28(46)18-29-42(33,20-54-29)59-24(5)45)34(48)32(30(22(27)3)40(43,6)7)57-36(49)25-16-12-13-17-25/h9-11,14-15,21,23,25,27-29,31-33,35,46-47,53H,12-13,16-20H2,1-8H3,(H,44,52)/t23-,27-,28?,29+,31+,32?,33?,35-,41+,42-,43+/m0/s1. The van der Waals surface area contributed by atoms with Crippen LogP contribution in [0.5, 0.6) is 0 Å². The summed E-state index contributed by atoms with van der Waals surface area (Å²) in [6.45, 7) is 11.6. The van der Waals surface area contributed by atoms with Crippen LogP contribution >= 0.6 is 0 Å². The Bertz CT molecular complexity index is 1870. The number of alkyl carbamates (subject to hydrolysis) is 1. The van der Waals surface area contributed by atoms with E-state index in [0.29, 0.717) is 12.8 Å². The summed E-state index contributed by atoms with van der Waals surface area (Å²) in [5.74, 6) is -6.43. The molecule has 3 saturated carbocycles. The smallest absolute Gasteiger partial charge is 0.407 e. The van der Waals surface area contributed by atoms with E-state index in [1.807, 2.05) is 0 Å². The maximum Gasteiger partial charge on any atom is 0.407 e. The average Bonchev–Trinajstić information content (AvgIpc) is 3.71. The predicted octanol–water partition coefficient (Wildman–Crippen LogP) is 3.26. The van der Waals surface area contributed by atoms with Crippen LogP contribution in [0, 0.1) is 22.7 Å². The van der Waals surface area contributed by atoms with E-state index in [-0.39, 0.29) is 29.7 Å². The molecule has 0 spiro atoms. The average molecular weight is 828 g/mol. The number of ether oxygens (including phenoxy) is 6. The van der Waals surface area contributed by atoms with Gasteiger partial charge in [0.05, 0.1) is 47.7 Å². The first-order valence-corrected chi connectivity index (χ1v) is 20.4. The minimum atomic E-state index is -2.36. The van der Waals surface area contributed by atoms with Gasteiger partial charge in [0.1, 0.15) is 23.9 Å². The topological polar surface area (TPSA) is 231 Å². The molecule has 2 bridgehead atoms. The highest BCUT2D eigenvalue weighted by Crippen LogP contribution is 2.64. The molecule has 16 heteroatoms. The SMILES string of the molecule is CC(=O)O[C@@]12CO[C@@H]1CC(O)[C@@]1(C)C(=O)C(OC(=O)C3CCCC3)C3=C(C)[C@@H](OC(=O)[C@H](O)[C@H](C)NC(=O)OC(C)C)C[C@@](O)([C@@H](OC(=O)c4ccccc4)C12)C3(C)C. The highest BCUT2D eigenvalue weighted by molar-refractivity contribution is 5.96. The Morgan fingerprint density at radius 2 is 1.61 bits per heavy atom. The fourth-order valence-corrected chi connectivity index (χ4v) is 10.2. The number of aliphatic hydroxyl groups is 3. The first-order chi connectivity index (χ1) is 27.6. The maximum atomic E-state index is 15.7. The Labute approximate surface area is 343 Å². The van der Waals surface area contributed by atoms with Crippen molar-refractivity contribution in [2.24, 2.45) is 22.7 Å². The second-order valence-corrected chi connectivity index (χ2v) is 17.8.